The summed E-state index contributed by atoms with van der Waals surface area (Å²) < 4.78 is 0. The maximum atomic E-state index is 10.9. The summed E-state index contributed by atoms with van der Waals surface area (Å²) in [5.74, 6) is -0.775. The number of hydrogen-bond donors (Lipinski definition) is 2. The van der Waals surface area contributed by atoms with E-state index in [0.717, 1.165) is 43.7 Å². The maximum absolute atomic E-state index is 10.9. The Kier molecular flexibility index (Phi) is 5.23. The highest BCUT2D eigenvalue weighted by molar-refractivity contribution is 6.30. The van der Waals surface area contributed by atoms with Crippen LogP contribution in [0.15, 0.2) is 24.3 Å². The number of nitrogens with one attached hydrogen (secondary N) is 1. The predicted octanol–water partition coefficient (Wildman–Crippen LogP) is 3.12. The van der Waals surface area contributed by atoms with Gasteiger partial charge in [0, 0.05) is 11.1 Å². The minimum atomic E-state index is -0.641. The van der Waals surface area contributed by atoms with E-state index in [1.54, 1.807) is 0 Å². The van der Waals surface area contributed by atoms with Crippen LogP contribution < -0.4 is 5.32 Å². The fourth-order valence-corrected chi connectivity index (χ4v) is 2.87. The van der Waals surface area contributed by atoms with Crippen LogP contribution in [0.4, 0.5) is 0 Å². The topological polar surface area (TPSA) is 49.3 Å². The highest BCUT2D eigenvalue weighted by Gasteiger charge is 2.25. The van der Waals surface area contributed by atoms with E-state index in [-0.39, 0.29) is 5.92 Å². The molecule has 0 unspecified atom stereocenters. The molecule has 1 aliphatic rings. The van der Waals surface area contributed by atoms with Gasteiger partial charge in [-0.05, 0) is 56.3 Å². The van der Waals surface area contributed by atoms with Gasteiger partial charge in [-0.25, -0.2) is 0 Å². The zero-order valence-electron chi connectivity index (χ0n) is 10.9. The minimum Gasteiger partial charge on any atom is -0.481 e. The van der Waals surface area contributed by atoms with E-state index in [4.69, 9.17) is 16.7 Å². The molecule has 4 heteroatoms. The van der Waals surface area contributed by atoms with Crippen LogP contribution in [0.2, 0.25) is 5.02 Å². The van der Waals surface area contributed by atoms with Crippen LogP contribution in [0, 0.1) is 5.92 Å². The number of rotatable bonds is 5. The number of carbonyl (C=O) groups is 1. The molecule has 0 bridgehead atoms. The maximum Gasteiger partial charge on any atom is 0.306 e. The Morgan fingerprint density at radius 1 is 1.32 bits per heavy atom. The Balaban J connectivity index is 1.68. The number of hydrogen-bond acceptors (Lipinski definition) is 2. The van der Waals surface area contributed by atoms with E-state index in [1.807, 2.05) is 18.2 Å². The fourth-order valence-electron chi connectivity index (χ4n) is 2.66. The van der Waals surface area contributed by atoms with Gasteiger partial charge in [0.1, 0.15) is 0 Å². The van der Waals surface area contributed by atoms with E-state index in [9.17, 15) is 4.79 Å². The molecule has 1 aromatic rings. The number of halogens is 1. The van der Waals surface area contributed by atoms with E-state index in [2.05, 4.69) is 11.4 Å². The fraction of sp³-hybridized carbons (Fsp3) is 0.533. The average Bonchev–Trinajstić information content (AvgIpc) is 2.39. The highest BCUT2D eigenvalue weighted by atomic mass is 35.5. The normalized spacial score (nSPS) is 23.2. The van der Waals surface area contributed by atoms with Crippen molar-refractivity contribution in [1.29, 1.82) is 0 Å². The van der Waals surface area contributed by atoms with Crippen molar-refractivity contribution >= 4 is 17.6 Å². The van der Waals surface area contributed by atoms with Crippen molar-refractivity contribution in [1.82, 2.24) is 5.32 Å². The van der Waals surface area contributed by atoms with Gasteiger partial charge >= 0.3 is 5.97 Å². The molecular formula is C15H20ClNO2. The first kappa shape index (κ1) is 14.4. The van der Waals surface area contributed by atoms with Crippen LogP contribution >= 0.6 is 11.6 Å². The van der Waals surface area contributed by atoms with E-state index >= 15 is 0 Å². The number of aliphatic carboxylic acids is 1. The van der Waals surface area contributed by atoms with Crippen molar-refractivity contribution in [3.63, 3.8) is 0 Å². The summed E-state index contributed by atoms with van der Waals surface area (Å²) in [7, 11) is 0. The third-order valence-electron chi connectivity index (χ3n) is 3.81. The van der Waals surface area contributed by atoms with Crippen molar-refractivity contribution in [2.45, 2.75) is 38.1 Å². The Bertz CT molecular complexity index is 428. The average molecular weight is 282 g/mol. The lowest BCUT2D eigenvalue weighted by molar-refractivity contribution is -0.142. The van der Waals surface area contributed by atoms with Crippen molar-refractivity contribution in [2.24, 2.45) is 5.92 Å². The summed E-state index contributed by atoms with van der Waals surface area (Å²) in [4.78, 5) is 10.9. The minimum absolute atomic E-state index is 0.133. The summed E-state index contributed by atoms with van der Waals surface area (Å²) in [5.41, 5.74) is 1.24. The molecule has 0 spiro atoms. The number of carboxylic acid groups (broad SMARTS) is 1. The van der Waals surface area contributed by atoms with Crippen LogP contribution in [0.3, 0.4) is 0 Å². The van der Waals surface area contributed by atoms with Gasteiger partial charge in [0.15, 0.2) is 0 Å². The van der Waals surface area contributed by atoms with E-state index in [1.165, 1.54) is 5.56 Å². The van der Waals surface area contributed by atoms with E-state index < -0.39 is 5.97 Å². The summed E-state index contributed by atoms with van der Waals surface area (Å²) in [6, 6.07) is 8.38. The summed E-state index contributed by atoms with van der Waals surface area (Å²) in [6.07, 6.45) is 4.48. The van der Waals surface area contributed by atoms with Crippen molar-refractivity contribution in [3.8, 4) is 0 Å². The molecule has 0 saturated heterocycles. The van der Waals surface area contributed by atoms with Gasteiger partial charge < -0.3 is 10.4 Å². The van der Waals surface area contributed by atoms with Gasteiger partial charge in [0.25, 0.3) is 0 Å². The molecule has 0 aromatic heterocycles. The first-order valence-electron chi connectivity index (χ1n) is 6.86. The Morgan fingerprint density at radius 2 is 2.05 bits per heavy atom. The molecule has 1 fully saturated rings. The Hall–Kier alpha value is -1.06. The van der Waals surface area contributed by atoms with Crippen molar-refractivity contribution < 1.29 is 9.90 Å². The molecule has 0 atom stereocenters. The standard InChI is InChI=1S/C15H20ClNO2/c16-13-3-1-2-11(10-13)8-9-17-14-6-4-12(5-7-14)15(18)19/h1-3,10,12,14,17H,4-9H2,(H,18,19). The predicted molar refractivity (Wildman–Crippen MR) is 76.5 cm³/mol. The lowest BCUT2D eigenvalue weighted by atomic mass is 9.86. The molecule has 0 amide bonds. The second kappa shape index (κ2) is 6.92. The largest absolute Gasteiger partial charge is 0.481 e. The zero-order chi connectivity index (χ0) is 13.7. The summed E-state index contributed by atoms with van der Waals surface area (Å²) in [6.45, 7) is 0.919. The first-order chi connectivity index (χ1) is 9.15. The monoisotopic (exact) mass is 281 g/mol. The van der Waals surface area contributed by atoms with Gasteiger partial charge in [0.2, 0.25) is 0 Å². The van der Waals surface area contributed by atoms with E-state index in [0.29, 0.717) is 6.04 Å². The molecular weight excluding hydrogens is 262 g/mol. The second-order valence-corrected chi connectivity index (χ2v) is 5.66. The quantitative estimate of drug-likeness (QED) is 0.872. The Labute approximate surface area is 119 Å². The summed E-state index contributed by atoms with van der Waals surface area (Å²) >= 11 is 5.94. The lowest BCUT2D eigenvalue weighted by Gasteiger charge is -2.26. The molecule has 2 N–H and O–H groups in total. The third kappa shape index (κ3) is 4.51. The number of carboxylic acids is 1. The SMILES string of the molecule is O=C(O)C1CCC(NCCc2cccc(Cl)c2)CC1. The van der Waals surface area contributed by atoms with Gasteiger partial charge in [0.05, 0.1) is 5.92 Å². The molecule has 3 nitrogen and oxygen atoms in total. The number of benzene rings is 1. The van der Waals surface area contributed by atoms with Crippen LogP contribution in [-0.4, -0.2) is 23.7 Å². The highest BCUT2D eigenvalue weighted by Crippen LogP contribution is 2.24. The van der Waals surface area contributed by atoms with Crippen molar-refractivity contribution in [2.75, 3.05) is 6.54 Å². The summed E-state index contributed by atoms with van der Waals surface area (Å²) in [5, 5.41) is 13.2. The molecule has 0 aliphatic heterocycles. The Morgan fingerprint density at radius 3 is 2.68 bits per heavy atom. The molecule has 0 radical (unpaired) electrons. The molecule has 19 heavy (non-hydrogen) atoms. The van der Waals surface area contributed by atoms with Gasteiger partial charge in [-0.1, -0.05) is 23.7 Å². The van der Waals surface area contributed by atoms with Crippen LogP contribution in [0.1, 0.15) is 31.2 Å². The third-order valence-corrected chi connectivity index (χ3v) is 4.05. The molecule has 1 aliphatic carbocycles. The smallest absolute Gasteiger partial charge is 0.306 e. The van der Waals surface area contributed by atoms with Crippen LogP contribution in [0.25, 0.3) is 0 Å². The van der Waals surface area contributed by atoms with Gasteiger partial charge in [-0.15, -0.1) is 0 Å². The molecule has 104 valence electrons. The van der Waals surface area contributed by atoms with Crippen molar-refractivity contribution in [3.05, 3.63) is 34.9 Å². The molecule has 1 aromatic carbocycles. The molecule has 2 rings (SSSR count). The zero-order valence-corrected chi connectivity index (χ0v) is 11.7. The van der Waals surface area contributed by atoms with Crippen LogP contribution in [-0.2, 0) is 11.2 Å². The molecule has 1 saturated carbocycles. The first-order valence-corrected chi connectivity index (χ1v) is 7.23. The van der Waals surface area contributed by atoms with Gasteiger partial charge in [-0.3, -0.25) is 4.79 Å². The lowest BCUT2D eigenvalue weighted by Crippen LogP contribution is -2.36. The van der Waals surface area contributed by atoms with Crippen LogP contribution in [0.5, 0.6) is 0 Å². The molecule has 0 heterocycles. The van der Waals surface area contributed by atoms with Gasteiger partial charge in [-0.2, -0.15) is 0 Å². The second-order valence-electron chi connectivity index (χ2n) is 5.22.